The first-order valence-electron chi connectivity index (χ1n) is 7.87. The quantitative estimate of drug-likeness (QED) is 0.849. The first-order chi connectivity index (χ1) is 11.2. The van der Waals surface area contributed by atoms with Crippen LogP contribution in [-0.4, -0.2) is 24.6 Å². The molecule has 0 spiro atoms. The highest BCUT2D eigenvalue weighted by atomic mass is 16.5. The number of amides is 2. The first kappa shape index (κ1) is 17.0. The van der Waals surface area contributed by atoms with E-state index >= 15 is 0 Å². The fourth-order valence-corrected chi connectivity index (χ4v) is 2.21. The van der Waals surface area contributed by atoms with Gasteiger partial charge in [0.1, 0.15) is 0 Å². The van der Waals surface area contributed by atoms with Crippen molar-refractivity contribution in [3.63, 3.8) is 0 Å². The Kier molecular flexibility index (Phi) is 6.63. The molecule has 0 bridgehead atoms. The van der Waals surface area contributed by atoms with Crippen molar-refractivity contribution in [2.24, 2.45) is 0 Å². The zero-order valence-electron chi connectivity index (χ0n) is 13.8. The first-order valence-corrected chi connectivity index (χ1v) is 7.87. The lowest BCUT2D eigenvalue weighted by Crippen LogP contribution is -2.36. The minimum atomic E-state index is -0.0766. The number of rotatable bonds is 7. The minimum Gasteiger partial charge on any atom is -0.377 e. The molecular formula is C19H24N2O2. The Morgan fingerprint density at radius 1 is 1.00 bits per heavy atom. The van der Waals surface area contributed by atoms with Crippen LogP contribution in [0.15, 0.2) is 54.6 Å². The molecule has 0 aromatic heterocycles. The molecule has 23 heavy (non-hydrogen) atoms. The van der Waals surface area contributed by atoms with E-state index in [9.17, 15) is 4.79 Å². The van der Waals surface area contributed by atoms with Gasteiger partial charge in [-0.05, 0) is 23.6 Å². The summed E-state index contributed by atoms with van der Waals surface area (Å²) in [6, 6.07) is 18.0. The van der Waals surface area contributed by atoms with Crippen molar-refractivity contribution in [1.29, 1.82) is 0 Å². The molecule has 0 aliphatic rings. The molecule has 122 valence electrons. The van der Waals surface area contributed by atoms with Gasteiger partial charge in [-0.25, -0.2) is 4.79 Å². The number of hydrogen-bond acceptors (Lipinski definition) is 2. The van der Waals surface area contributed by atoms with Crippen LogP contribution < -0.4 is 5.32 Å². The van der Waals surface area contributed by atoms with Gasteiger partial charge < -0.3 is 15.0 Å². The Hall–Kier alpha value is -2.33. The zero-order chi connectivity index (χ0) is 16.5. The third-order valence-corrected chi connectivity index (χ3v) is 3.55. The molecule has 2 aromatic carbocycles. The fourth-order valence-electron chi connectivity index (χ4n) is 2.21. The molecule has 0 saturated carbocycles. The molecule has 0 aliphatic heterocycles. The van der Waals surface area contributed by atoms with Gasteiger partial charge in [0.05, 0.1) is 6.61 Å². The van der Waals surface area contributed by atoms with Crippen molar-refractivity contribution in [3.05, 3.63) is 71.3 Å². The van der Waals surface area contributed by atoms with Gasteiger partial charge in [-0.3, -0.25) is 0 Å². The summed E-state index contributed by atoms with van der Waals surface area (Å²) in [5, 5.41) is 2.94. The van der Waals surface area contributed by atoms with Gasteiger partial charge in [-0.2, -0.15) is 0 Å². The van der Waals surface area contributed by atoms with Crippen LogP contribution in [-0.2, 0) is 24.4 Å². The maximum Gasteiger partial charge on any atom is 0.317 e. The van der Waals surface area contributed by atoms with Crippen molar-refractivity contribution >= 4 is 6.03 Å². The van der Waals surface area contributed by atoms with Crippen molar-refractivity contribution in [2.75, 3.05) is 13.7 Å². The van der Waals surface area contributed by atoms with E-state index in [1.54, 1.807) is 11.9 Å². The Balaban J connectivity index is 1.79. The summed E-state index contributed by atoms with van der Waals surface area (Å²) in [4.78, 5) is 13.8. The van der Waals surface area contributed by atoms with Crippen LogP contribution in [0.5, 0.6) is 0 Å². The number of nitrogens with one attached hydrogen (secondary N) is 1. The Morgan fingerprint density at radius 2 is 1.65 bits per heavy atom. The lowest BCUT2D eigenvalue weighted by atomic mass is 10.1. The summed E-state index contributed by atoms with van der Waals surface area (Å²) >= 11 is 0. The lowest BCUT2D eigenvalue weighted by molar-refractivity contribution is 0.134. The minimum absolute atomic E-state index is 0.0766. The summed E-state index contributed by atoms with van der Waals surface area (Å²) < 4.78 is 5.37. The number of carbonyl (C=O) groups excluding carboxylic acids is 1. The Morgan fingerprint density at radius 3 is 2.30 bits per heavy atom. The SMILES string of the molecule is CCOCc1ccc(CNC(=O)N(C)Cc2ccccc2)cc1. The second-order valence-corrected chi connectivity index (χ2v) is 5.45. The summed E-state index contributed by atoms with van der Waals surface area (Å²) in [6.07, 6.45) is 0. The van der Waals surface area contributed by atoms with Gasteiger partial charge in [0.15, 0.2) is 0 Å². The third kappa shape index (κ3) is 5.75. The highest BCUT2D eigenvalue weighted by Crippen LogP contribution is 2.07. The standard InChI is InChI=1S/C19H24N2O2/c1-3-23-15-18-11-9-16(10-12-18)13-20-19(22)21(2)14-17-7-5-4-6-8-17/h4-12H,3,13-15H2,1-2H3,(H,20,22). The van der Waals surface area contributed by atoms with Gasteiger partial charge >= 0.3 is 6.03 Å². The molecule has 0 saturated heterocycles. The Bertz CT molecular complexity index is 597. The number of ether oxygens (including phenoxy) is 1. The van der Waals surface area contributed by atoms with E-state index in [0.29, 0.717) is 26.3 Å². The average molecular weight is 312 g/mol. The zero-order valence-corrected chi connectivity index (χ0v) is 13.8. The second kappa shape index (κ2) is 8.96. The topological polar surface area (TPSA) is 41.6 Å². The molecule has 0 aliphatic carbocycles. The maximum absolute atomic E-state index is 12.1. The summed E-state index contributed by atoms with van der Waals surface area (Å²) in [5.74, 6) is 0. The Labute approximate surface area is 138 Å². The summed E-state index contributed by atoms with van der Waals surface area (Å²) in [7, 11) is 1.80. The highest BCUT2D eigenvalue weighted by molar-refractivity contribution is 5.73. The van der Waals surface area contributed by atoms with Gasteiger partial charge in [0, 0.05) is 26.7 Å². The van der Waals surface area contributed by atoms with Crippen molar-refractivity contribution in [1.82, 2.24) is 10.2 Å². The van der Waals surface area contributed by atoms with E-state index in [1.165, 1.54) is 0 Å². The van der Waals surface area contributed by atoms with E-state index < -0.39 is 0 Å². The van der Waals surface area contributed by atoms with E-state index in [2.05, 4.69) is 5.32 Å². The molecule has 0 unspecified atom stereocenters. The number of nitrogens with zero attached hydrogens (tertiary/aromatic N) is 1. The maximum atomic E-state index is 12.1. The summed E-state index contributed by atoms with van der Waals surface area (Å²) in [5.41, 5.74) is 3.33. The van der Waals surface area contributed by atoms with Gasteiger partial charge in [-0.1, -0.05) is 54.6 Å². The van der Waals surface area contributed by atoms with Gasteiger partial charge in [0.25, 0.3) is 0 Å². The molecular weight excluding hydrogens is 288 g/mol. The fraction of sp³-hybridized carbons (Fsp3) is 0.316. The number of hydrogen-bond donors (Lipinski definition) is 1. The molecule has 0 fully saturated rings. The van der Waals surface area contributed by atoms with E-state index in [1.807, 2.05) is 61.5 Å². The van der Waals surface area contributed by atoms with Crippen molar-refractivity contribution in [3.8, 4) is 0 Å². The second-order valence-electron chi connectivity index (χ2n) is 5.45. The molecule has 1 N–H and O–H groups in total. The van der Waals surface area contributed by atoms with Crippen LogP contribution in [0, 0.1) is 0 Å². The van der Waals surface area contributed by atoms with Gasteiger partial charge in [0.2, 0.25) is 0 Å². The lowest BCUT2D eigenvalue weighted by Gasteiger charge is -2.18. The highest BCUT2D eigenvalue weighted by Gasteiger charge is 2.08. The number of carbonyl (C=O) groups is 1. The molecule has 0 atom stereocenters. The van der Waals surface area contributed by atoms with Crippen LogP contribution in [0.1, 0.15) is 23.6 Å². The van der Waals surface area contributed by atoms with Crippen LogP contribution in [0.4, 0.5) is 4.79 Å². The summed E-state index contributed by atoms with van der Waals surface area (Å²) in [6.45, 7) is 4.44. The number of urea groups is 1. The van der Waals surface area contributed by atoms with Crippen LogP contribution in [0.25, 0.3) is 0 Å². The van der Waals surface area contributed by atoms with Crippen molar-refractivity contribution in [2.45, 2.75) is 26.6 Å². The van der Waals surface area contributed by atoms with Crippen LogP contribution in [0.3, 0.4) is 0 Å². The third-order valence-electron chi connectivity index (χ3n) is 3.55. The predicted octanol–water partition coefficient (Wildman–Crippen LogP) is 3.56. The largest absolute Gasteiger partial charge is 0.377 e. The van der Waals surface area contributed by atoms with E-state index in [-0.39, 0.29) is 6.03 Å². The van der Waals surface area contributed by atoms with Crippen LogP contribution >= 0.6 is 0 Å². The monoisotopic (exact) mass is 312 g/mol. The molecule has 4 heteroatoms. The van der Waals surface area contributed by atoms with E-state index in [0.717, 1.165) is 16.7 Å². The molecule has 2 amide bonds. The average Bonchev–Trinajstić information content (AvgIpc) is 2.59. The predicted molar refractivity (Wildman–Crippen MR) is 91.9 cm³/mol. The smallest absolute Gasteiger partial charge is 0.317 e. The molecule has 0 heterocycles. The molecule has 2 aromatic rings. The normalized spacial score (nSPS) is 10.3. The molecule has 4 nitrogen and oxygen atoms in total. The van der Waals surface area contributed by atoms with Crippen molar-refractivity contribution < 1.29 is 9.53 Å². The number of benzene rings is 2. The molecule has 2 rings (SSSR count). The van der Waals surface area contributed by atoms with E-state index in [4.69, 9.17) is 4.74 Å². The molecule has 0 radical (unpaired) electrons. The van der Waals surface area contributed by atoms with Crippen LogP contribution in [0.2, 0.25) is 0 Å². The van der Waals surface area contributed by atoms with Gasteiger partial charge in [-0.15, -0.1) is 0 Å².